The second-order valence-corrected chi connectivity index (χ2v) is 3.31. The SMILES string of the molecule is Cc1ccccc1.Cc1ccccc1.[Cr+3].[I-].[I-].[I-]. The first-order chi connectivity index (χ1) is 6.79. The molecule has 0 saturated heterocycles. The standard InChI is InChI=1S/2C7H8.Cr.3HI/c2*1-7-5-3-2-4-6-7;;;;/h2*2-6H,1H3;;3*1H/q;;+3;;;/p-3. The van der Waals surface area contributed by atoms with E-state index in [0.717, 1.165) is 0 Å². The minimum Gasteiger partial charge on any atom is -1.00 e. The van der Waals surface area contributed by atoms with E-state index in [-0.39, 0.29) is 89.3 Å². The van der Waals surface area contributed by atoms with Crippen molar-refractivity contribution in [3.05, 3.63) is 71.8 Å². The van der Waals surface area contributed by atoms with Crippen LogP contribution in [0.4, 0.5) is 0 Å². The third-order valence-corrected chi connectivity index (χ3v) is 1.88. The Labute approximate surface area is 173 Å². The number of benzene rings is 2. The topological polar surface area (TPSA) is 0 Å². The van der Waals surface area contributed by atoms with Gasteiger partial charge in [-0.2, -0.15) is 0 Å². The Morgan fingerprint density at radius 2 is 0.722 bits per heavy atom. The van der Waals surface area contributed by atoms with Gasteiger partial charge in [0.25, 0.3) is 0 Å². The molecule has 0 aliphatic carbocycles. The summed E-state index contributed by atoms with van der Waals surface area (Å²) in [6.45, 7) is 4.17. The first-order valence-electron chi connectivity index (χ1n) is 4.82. The number of hydrogen-bond donors (Lipinski definition) is 0. The minimum absolute atomic E-state index is 0. The van der Waals surface area contributed by atoms with Crippen LogP contribution in [0.3, 0.4) is 0 Å². The summed E-state index contributed by atoms with van der Waals surface area (Å²) in [6, 6.07) is 20.5. The van der Waals surface area contributed by atoms with Crippen molar-refractivity contribution in [2.75, 3.05) is 0 Å². The molecule has 2 rings (SSSR count). The van der Waals surface area contributed by atoms with Gasteiger partial charge in [0, 0.05) is 0 Å². The van der Waals surface area contributed by atoms with Gasteiger partial charge in [-0.15, -0.1) is 0 Å². The molecule has 1 radical (unpaired) electrons. The Morgan fingerprint density at radius 3 is 0.833 bits per heavy atom. The van der Waals surface area contributed by atoms with Crippen molar-refractivity contribution in [2.24, 2.45) is 0 Å². The van der Waals surface area contributed by atoms with Gasteiger partial charge in [-0.25, -0.2) is 0 Å². The smallest absolute Gasteiger partial charge is 1.00 e. The van der Waals surface area contributed by atoms with E-state index in [1.54, 1.807) is 0 Å². The van der Waals surface area contributed by atoms with Crippen molar-refractivity contribution in [1.82, 2.24) is 0 Å². The summed E-state index contributed by atoms with van der Waals surface area (Å²) in [5.74, 6) is 0. The van der Waals surface area contributed by atoms with Gasteiger partial charge in [0.05, 0.1) is 0 Å². The summed E-state index contributed by atoms with van der Waals surface area (Å²) in [5, 5.41) is 0. The van der Waals surface area contributed by atoms with Crippen LogP contribution in [-0.2, 0) is 17.4 Å². The van der Waals surface area contributed by atoms with Crippen molar-refractivity contribution in [3.63, 3.8) is 0 Å². The van der Waals surface area contributed by atoms with Gasteiger partial charge in [-0.05, 0) is 13.8 Å². The van der Waals surface area contributed by atoms with E-state index in [9.17, 15) is 0 Å². The van der Waals surface area contributed by atoms with Gasteiger partial charge in [-0.1, -0.05) is 71.8 Å². The third-order valence-electron chi connectivity index (χ3n) is 1.88. The zero-order chi connectivity index (χ0) is 10.2. The second kappa shape index (κ2) is 18.2. The number of aryl methyl sites for hydroxylation is 2. The zero-order valence-electron chi connectivity index (χ0n) is 10.3. The summed E-state index contributed by atoms with van der Waals surface area (Å²) in [7, 11) is 0. The van der Waals surface area contributed by atoms with Gasteiger partial charge < -0.3 is 71.9 Å². The van der Waals surface area contributed by atoms with Gasteiger partial charge >= 0.3 is 17.4 Å². The quantitative estimate of drug-likeness (QED) is 0.261. The molecule has 0 spiro atoms. The summed E-state index contributed by atoms with van der Waals surface area (Å²) >= 11 is 0. The fourth-order valence-electron chi connectivity index (χ4n) is 1.07. The van der Waals surface area contributed by atoms with Crippen LogP contribution >= 0.6 is 0 Å². The third kappa shape index (κ3) is 15.2. The molecule has 0 amide bonds. The van der Waals surface area contributed by atoms with Crippen LogP contribution in [0.15, 0.2) is 60.7 Å². The van der Waals surface area contributed by atoms with Crippen LogP contribution in [-0.4, -0.2) is 0 Å². The largest absolute Gasteiger partial charge is 3.00 e. The predicted molar refractivity (Wildman–Crippen MR) is 62.4 cm³/mol. The molecule has 2 aromatic carbocycles. The van der Waals surface area contributed by atoms with Crippen molar-refractivity contribution < 1.29 is 89.3 Å². The van der Waals surface area contributed by atoms with Gasteiger partial charge in [-0.3, -0.25) is 0 Å². The summed E-state index contributed by atoms with van der Waals surface area (Å²) < 4.78 is 0. The Morgan fingerprint density at radius 1 is 0.500 bits per heavy atom. The average molecular weight is 617 g/mol. The molecule has 99 valence electrons. The predicted octanol–water partition coefficient (Wildman–Crippen LogP) is -5.00. The van der Waals surface area contributed by atoms with Crippen LogP contribution in [0.1, 0.15) is 11.1 Å². The summed E-state index contributed by atoms with van der Waals surface area (Å²) in [4.78, 5) is 0. The minimum atomic E-state index is 0. The van der Waals surface area contributed by atoms with Crippen molar-refractivity contribution in [2.45, 2.75) is 13.8 Å². The van der Waals surface area contributed by atoms with E-state index in [1.807, 2.05) is 36.4 Å². The molecule has 0 unspecified atom stereocenters. The average Bonchev–Trinajstić information content (AvgIpc) is 2.21. The molecule has 0 fully saturated rings. The monoisotopic (exact) mass is 617 g/mol. The van der Waals surface area contributed by atoms with E-state index >= 15 is 0 Å². The fourth-order valence-corrected chi connectivity index (χ4v) is 1.07. The molecule has 0 N–H and O–H groups in total. The molecule has 2 aromatic rings. The van der Waals surface area contributed by atoms with Crippen LogP contribution in [0, 0.1) is 13.8 Å². The number of hydrogen-bond acceptors (Lipinski definition) is 0. The summed E-state index contributed by atoms with van der Waals surface area (Å²) in [6.07, 6.45) is 0. The first kappa shape index (κ1) is 27.5. The molecule has 4 heteroatoms. The molecule has 0 atom stereocenters. The molecule has 0 aliphatic rings. The van der Waals surface area contributed by atoms with Crippen molar-refractivity contribution in [3.8, 4) is 0 Å². The van der Waals surface area contributed by atoms with Crippen LogP contribution in [0.5, 0.6) is 0 Å². The number of halogens is 3. The van der Waals surface area contributed by atoms with Gasteiger partial charge in [0.1, 0.15) is 0 Å². The van der Waals surface area contributed by atoms with Crippen LogP contribution in [0.2, 0.25) is 0 Å². The van der Waals surface area contributed by atoms with Gasteiger partial charge in [0.15, 0.2) is 0 Å². The zero-order valence-corrected chi connectivity index (χ0v) is 18.1. The molecule has 18 heavy (non-hydrogen) atoms. The molecule has 0 nitrogen and oxygen atoms in total. The maximum atomic E-state index is 2.08. The molecular weight excluding hydrogens is 601 g/mol. The molecule has 0 aromatic heterocycles. The molecule has 0 bridgehead atoms. The summed E-state index contributed by atoms with van der Waals surface area (Å²) in [5.41, 5.74) is 2.64. The van der Waals surface area contributed by atoms with Crippen molar-refractivity contribution >= 4 is 0 Å². The van der Waals surface area contributed by atoms with Crippen LogP contribution in [0.25, 0.3) is 0 Å². The Kier molecular flexibility index (Phi) is 27.7. The Balaban J connectivity index is -0.0000000891. The fraction of sp³-hybridized carbons (Fsp3) is 0.143. The van der Waals surface area contributed by atoms with E-state index < -0.39 is 0 Å². The first-order valence-corrected chi connectivity index (χ1v) is 4.82. The Bertz CT molecular complexity index is 314. The van der Waals surface area contributed by atoms with E-state index in [1.165, 1.54) is 11.1 Å². The second-order valence-electron chi connectivity index (χ2n) is 3.31. The maximum Gasteiger partial charge on any atom is 3.00 e. The molecule has 0 saturated carbocycles. The maximum absolute atomic E-state index is 2.08. The Hall–Kier alpha value is 1.16. The van der Waals surface area contributed by atoms with Gasteiger partial charge in [0.2, 0.25) is 0 Å². The molecular formula is C14H16CrI3. The van der Waals surface area contributed by atoms with E-state index in [0.29, 0.717) is 0 Å². The van der Waals surface area contributed by atoms with E-state index in [2.05, 4.69) is 38.1 Å². The molecule has 0 heterocycles. The molecule has 0 aliphatic heterocycles. The van der Waals surface area contributed by atoms with Crippen LogP contribution < -0.4 is 71.9 Å². The van der Waals surface area contributed by atoms with E-state index in [4.69, 9.17) is 0 Å². The number of rotatable bonds is 0. The normalized spacial score (nSPS) is 6.78. The van der Waals surface area contributed by atoms with Crippen molar-refractivity contribution in [1.29, 1.82) is 0 Å².